The van der Waals surface area contributed by atoms with Crippen LogP contribution in [0, 0.1) is 5.92 Å². The van der Waals surface area contributed by atoms with Gasteiger partial charge >= 0.3 is 5.97 Å². The number of likely N-dealkylation sites (tertiary alicyclic amines) is 1. The number of carboxylic acid groups (broad SMARTS) is 1. The maximum Gasteiger partial charge on any atom is 0.306 e. The molecule has 1 amide bonds. The van der Waals surface area contributed by atoms with Gasteiger partial charge in [0.1, 0.15) is 0 Å². The zero-order valence-electron chi connectivity index (χ0n) is 11.4. The molecule has 2 aliphatic rings. The molecular formula is C14H24N2O3. The molecule has 2 N–H and O–H groups in total. The Hall–Kier alpha value is -1.10. The van der Waals surface area contributed by atoms with Crippen LogP contribution in [-0.4, -0.2) is 47.6 Å². The second-order valence-corrected chi connectivity index (χ2v) is 5.71. The van der Waals surface area contributed by atoms with Crippen molar-refractivity contribution < 1.29 is 14.7 Å². The monoisotopic (exact) mass is 268 g/mol. The molecular weight excluding hydrogens is 244 g/mol. The fraction of sp³-hybridized carbons (Fsp3) is 0.857. The minimum absolute atomic E-state index is 0.120. The predicted octanol–water partition coefficient (Wildman–Crippen LogP) is 1.23. The molecule has 0 spiro atoms. The average Bonchev–Trinajstić information content (AvgIpc) is 2.46. The number of carbonyl (C=O) groups excluding carboxylic acids is 1. The summed E-state index contributed by atoms with van der Waals surface area (Å²) in [5.41, 5.74) is 0. The largest absolute Gasteiger partial charge is 0.481 e. The van der Waals surface area contributed by atoms with Crippen molar-refractivity contribution in [3.8, 4) is 0 Å². The Morgan fingerprint density at radius 2 is 1.68 bits per heavy atom. The fourth-order valence-corrected chi connectivity index (χ4v) is 3.03. The summed E-state index contributed by atoms with van der Waals surface area (Å²) in [4.78, 5) is 24.7. The number of carbonyl (C=O) groups is 2. The van der Waals surface area contributed by atoms with Gasteiger partial charge in [0, 0.05) is 19.1 Å². The SMILES string of the molecule is O=C(O)C1CCN(C(=O)CNC2CCCCC2)CC1. The van der Waals surface area contributed by atoms with Crippen LogP contribution in [0.5, 0.6) is 0 Å². The number of nitrogens with zero attached hydrogens (tertiary/aromatic N) is 1. The quantitative estimate of drug-likeness (QED) is 0.804. The molecule has 2 rings (SSSR count). The van der Waals surface area contributed by atoms with Gasteiger partial charge in [0.05, 0.1) is 12.5 Å². The van der Waals surface area contributed by atoms with Gasteiger partial charge in [-0.25, -0.2) is 0 Å². The van der Waals surface area contributed by atoms with Gasteiger partial charge in [-0.15, -0.1) is 0 Å². The molecule has 19 heavy (non-hydrogen) atoms. The van der Waals surface area contributed by atoms with E-state index in [0.717, 1.165) is 0 Å². The van der Waals surface area contributed by atoms with Gasteiger partial charge in [-0.3, -0.25) is 9.59 Å². The topological polar surface area (TPSA) is 69.6 Å². The fourth-order valence-electron chi connectivity index (χ4n) is 3.03. The van der Waals surface area contributed by atoms with E-state index in [1.807, 2.05) is 0 Å². The first-order valence-electron chi connectivity index (χ1n) is 7.41. The van der Waals surface area contributed by atoms with Gasteiger partial charge in [0.15, 0.2) is 0 Å². The lowest BCUT2D eigenvalue weighted by molar-refractivity contribution is -0.145. The first-order chi connectivity index (χ1) is 9.16. The Balaban J connectivity index is 1.67. The molecule has 1 aliphatic heterocycles. The summed E-state index contributed by atoms with van der Waals surface area (Å²) in [6.07, 6.45) is 7.36. The third kappa shape index (κ3) is 4.20. The minimum Gasteiger partial charge on any atom is -0.481 e. The van der Waals surface area contributed by atoms with E-state index in [2.05, 4.69) is 5.32 Å². The standard InChI is InChI=1S/C14H24N2O3/c17-13(10-15-12-4-2-1-3-5-12)16-8-6-11(7-9-16)14(18)19/h11-12,15H,1-10H2,(H,18,19). The molecule has 1 heterocycles. The Morgan fingerprint density at radius 1 is 1.05 bits per heavy atom. The van der Waals surface area contributed by atoms with E-state index in [-0.39, 0.29) is 11.8 Å². The third-order valence-corrected chi connectivity index (χ3v) is 4.34. The van der Waals surface area contributed by atoms with Crippen molar-refractivity contribution in [1.82, 2.24) is 10.2 Å². The van der Waals surface area contributed by atoms with Crippen LogP contribution in [-0.2, 0) is 9.59 Å². The molecule has 0 radical (unpaired) electrons. The van der Waals surface area contributed by atoms with E-state index in [0.29, 0.717) is 38.5 Å². The van der Waals surface area contributed by atoms with Gasteiger partial charge in [0.25, 0.3) is 0 Å². The average molecular weight is 268 g/mol. The molecule has 0 aromatic carbocycles. The second-order valence-electron chi connectivity index (χ2n) is 5.71. The second kappa shape index (κ2) is 6.89. The number of aliphatic carboxylic acids is 1. The maximum absolute atomic E-state index is 12.0. The Bertz CT molecular complexity index is 319. The summed E-state index contributed by atoms with van der Waals surface area (Å²) in [7, 11) is 0. The molecule has 1 aliphatic carbocycles. The van der Waals surface area contributed by atoms with Gasteiger partial charge in [0.2, 0.25) is 5.91 Å². The Morgan fingerprint density at radius 3 is 2.26 bits per heavy atom. The van der Waals surface area contributed by atoms with Crippen LogP contribution in [0.1, 0.15) is 44.9 Å². The maximum atomic E-state index is 12.0. The van der Waals surface area contributed by atoms with Gasteiger partial charge in [-0.1, -0.05) is 19.3 Å². The van der Waals surface area contributed by atoms with E-state index in [9.17, 15) is 9.59 Å². The molecule has 5 nitrogen and oxygen atoms in total. The van der Waals surface area contributed by atoms with E-state index in [1.54, 1.807) is 4.90 Å². The third-order valence-electron chi connectivity index (χ3n) is 4.34. The zero-order valence-corrected chi connectivity index (χ0v) is 11.4. The number of nitrogens with one attached hydrogen (secondary N) is 1. The number of amides is 1. The highest BCUT2D eigenvalue weighted by molar-refractivity contribution is 5.79. The Kier molecular flexibility index (Phi) is 5.19. The lowest BCUT2D eigenvalue weighted by Gasteiger charge is -2.31. The van der Waals surface area contributed by atoms with E-state index in [4.69, 9.17) is 5.11 Å². The van der Waals surface area contributed by atoms with Gasteiger partial charge in [-0.2, -0.15) is 0 Å². The van der Waals surface area contributed by atoms with Crippen LogP contribution in [0.4, 0.5) is 0 Å². The highest BCUT2D eigenvalue weighted by atomic mass is 16.4. The molecule has 2 fully saturated rings. The van der Waals surface area contributed by atoms with Crippen LogP contribution in [0.25, 0.3) is 0 Å². The number of hydrogen-bond acceptors (Lipinski definition) is 3. The van der Waals surface area contributed by atoms with E-state index in [1.165, 1.54) is 32.1 Å². The van der Waals surface area contributed by atoms with Crippen LogP contribution in [0.15, 0.2) is 0 Å². The smallest absolute Gasteiger partial charge is 0.306 e. The van der Waals surface area contributed by atoms with Gasteiger partial charge < -0.3 is 15.3 Å². The summed E-state index contributed by atoms with van der Waals surface area (Å²) in [5, 5.41) is 12.3. The summed E-state index contributed by atoms with van der Waals surface area (Å²) < 4.78 is 0. The van der Waals surface area contributed by atoms with Crippen molar-refractivity contribution in [1.29, 1.82) is 0 Å². The zero-order chi connectivity index (χ0) is 13.7. The Labute approximate surface area is 114 Å². The van der Waals surface area contributed by atoms with Crippen molar-refractivity contribution >= 4 is 11.9 Å². The first kappa shape index (κ1) is 14.3. The summed E-state index contributed by atoms with van der Waals surface area (Å²) in [6, 6.07) is 0.495. The van der Waals surface area contributed by atoms with Crippen LogP contribution < -0.4 is 5.32 Å². The van der Waals surface area contributed by atoms with Crippen molar-refractivity contribution in [3.05, 3.63) is 0 Å². The van der Waals surface area contributed by atoms with Crippen molar-refractivity contribution in [2.75, 3.05) is 19.6 Å². The molecule has 5 heteroatoms. The van der Waals surface area contributed by atoms with Crippen LogP contribution in [0.2, 0.25) is 0 Å². The van der Waals surface area contributed by atoms with Gasteiger partial charge in [-0.05, 0) is 25.7 Å². The first-order valence-corrected chi connectivity index (χ1v) is 7.41. The van der Waals surface area contributed by atoms with E-state index < -0.39 is 5.97 Å². The lowest BCUT2D eigenvalue weighted by Crippen LogP contribution is -2.46. The number of carboxylic acids is 1. The molecule has 1 saturated carbocycles. The summed E-state index contributed by atoms with van der Waals surface area (Å²) in [5.74, 6) is -0.878. The van der Waals surface area contributed by atoms with E-state index >= 15 is 0 Å². The highest BCUT2D eigenvalue weighted by Crippen LogP contribution is 2.18. The highest BCUT2D eigenvalue weighted by Gasteiger charge is 2.27. The van der Waals surface area contributed by atoms with Crippen molar-refractivity contribution in [3.63, 3.8) is 0 Å². The molecule has 0 aromatic rings. The summed E-state index contributed by atoms with van der Waals surface area (Å²) in [6.45, 7) is 1.58. The predicted molar refractivity (Wildman–Crippen MR) is 71.8 cm³/mol. The van der Waals surface area contributed by atoms with Crippen LogP contribution in [0.3, 0.4) is 0 Å². The minimum atomic E-state index is -0.729. The van der Waals surface area contributed by atoms with Crippen molar-refractivity contribution in [2.45, 2.75) is 51.0 Å². The normalized spacial score (nSPS) is 22.4. The summed E-state index contributed by atoms with van der Waals surface area (Å²) >= 11 is 0. The molecule has 0 atom stereocenters. The van der Waals surface area contributed by atoms with Crippen LogP contribution >= 0.6 is 0 Å². The number of hydrogen-bond donors (Lipinski definition) is 2. The molecule has 108 valence electrons. The molecule has 0 bridgehead atoms. The van der Waals surface area contributed by atoms with Crippen molar-refractivity contribution in [2.24, 2.45) is 5.92 Å². The number of rotatable bonds is 4. The molecule has 1 saturated heterocycles. The molecule has 0 aromatic heterocycles. The molecule has 0 unspecified atom stereocenters. The lowest BCUT2D eigenvalue weighted by atomic mass is 9.95. The number of piperidine rings is 1.